The van der Waals surface area contributed by atoms with E-state index in [1.165, 1.54) is 6.42 Å². The molecule has 0 amide bonds. The van der Waals surface area contributed by atoms with Gasteiger partial charge in [0.1, 0.15) is 0 Å². The van der Waals surface area contributed by atoms with Crippen molar-refractivity contribution in [3.63, 3.8) is 0 Å². The Morgan fingerprint density at radius 3 is 2.41 bits per heavy atom. The third-order valence-electron chi connectivity index (χ3n) is 3.43. The summed E-state index contributed by atoms with van der Waals surface area (Å²) in [6, 6.07) is 6.74. The van der Waals surface area contributed by atoms with Gasteiger partial charge in [-0.15, -0.1) is 0 Å². The van der Waals surface area contributed by atoms with Gasteiger partial charge in [-0.2, -0.15) is 0 Å². The van der Waals surface area contributed by atoms with Gasteiger partial charge < -0.3 is 5.73 Å². The van der Waals surface area contributed by atoms with E-state index in [0.717, 1.165) is 25.7 Å². The van der Waals surface area contributed by atoms with Crippen molar-refractivity contribution in [3.8, 4) is 0 Å². The highest BCUT2D eigenvalue weighted by Gasteiger charge is 2.24. The lowest BCUT2D eigenvalue weighted by Gasteiger charge is -2.21. The molecule has 94 valence electrons. The van der Waals surface area contributed by atoms with Gasteiger partial charge >= 0.3 is 0 Å². The average molecular weight is 253 g/mol. The van der Waals surface area contributed by atoms with E-state index in [-0.39, 0.29) is 5.75 Å². The van der Waals surface area contributed by atoms with Crippen molar-refractivity contribution in [1.82, 2.24) is 0 Å². The van der Waals surface area contributed by atoms with Crippen LogP contribution < -0.4 is 5.73 Å². The highest BCUT2D eigenvalue weighted by atomic mass is 32.2. The van der Waals surface area contributed by atoms with Gasteiger partial charge in [0, 0.05) is 0 Å². The predicted octanol–water partition coefficient (Wildman–Crippen LogP) is 2.62. The van der Waals surface area contributed by atoms with Crippen LogP contribution in [0.1, 0.15) is 32.1 Å². The van der Waals surface area contributed by atoms with Gasteiger partial charge in [-0.05, 0) is 30.9 Å². The highest BCUT2D eigenvalue weighted by Crippen LogP contribution is 2.28. The van der Waals surface area contributed by atoms with Gasteiger partial charge in [0.25, 0.3) is 0 Å². The van der Waals surface area contributed by atoms with E-state index >= 15 is 0 Å². The second-order valence-electron chi connectivity index (χ2n) is 4.82. The van der Waals surface area contributed by atoms with Crippen molar-refractivity contribution in [1.29, 1.82) is 0 Å². The van der Waals surface area contributed by atoms with Crippen LogP contribution in [0.2, 0.25) is 0 Å². The normalized spacial score (nSPS) is 18.1. The van der Waals surface area contributed by atoms with Crippen molar-refractivity contribution in [2.24, 2.45) is 5.92 Å². The van der Waals surface area contributed by atoms with Gasteiger partial charge in [-0.1, -0.05) is 31.4 Å². The van der Waals surface area contributed by atoms with Crippen LogP contribution >= 0.6 is 0 Å². The molecule has 0 spiro atoms. The SMILES string of the molecule is Nc1ccccc1S(=O)(=O)CC1CCCCC1. The molecule has 2 rings (SSSR count). The summed E-state index contributed by atoms with van der Waals surface area (Å²) in [6.45, 7) is 0. The zero-order valence-corrected chi connectivity index (χ0v) is 10.7. The number of nitrogen functional groups attached to an aromatic ring is 1. The summed E-state index contributed by atoms with van der Waals surface area (Å²) in [4.78, 5) is 0.297. The first-order chi connectivity index (χ1) is 8.09. The molecule has 1 saturated carbocycles. The molecule has 2 N–H and O–H groups in total. The lowest BCUT2D eigenvalue weighted by molar-refractivity contribution is 0.385. The monoisotopic (exact) mass is 253 g/mol. The summed E-state index contributed by atoms with van der Waals surface area (Å²) in [5, 5.41) is 0. The van der Waals surface area contributed by atoms with Gasteiger partial charge in [0.2, 0.25) is 0 Å². The van der Waals surface area contributed by atoms with Crippen LogP contribution in [0, 0.1) is 5.92 Å². The largest absolute Gasteiger partial charge is 0.398 e. The molecule has 0 radical (unpaired) electrons. The van der Waals surface area contributed by atoms with Gasteiger partial charge in [-0.25, -0.2) is 8.42 Å². The molecule has 1 aliphatic carbocycles. The third-order valence-corrected chi connectivity index (χ3v) is 5.39. The second kappa shape index (κ2) is 5.08. The van der Waals surface area contributed by atoms with E-state index in [1.54, 1.807) is 24.3 Å². The van der Waals surface area contributed by atoms with Gasteiger partial charge in [0.15, 0.2) is 9.84 Å². The topological polar surface area (TPSA) is 60.2 Å². The van der Waals surface area contributed by atoms with E-state index in [2.05, 4.69) is 0 Å². The standard InChI is InChI=1S/C13H19NO2S/c14-12-8-4-5-9-13(12)17(15,16)10-11-6-2-1-3-7-11/h4-5,8-9,11H,1-3,6-7,10,14H2. The van der Waals surface area contributed by atoms with E-state index in [1.807, 2.05) is 0 Å². The van der Waals surface area contributed by atoms with E-state index in [4.69, 9.17) is 5.73 Å². The lowest BCUT2D eigenvalue weighted by Crippen LogP contribution is -2.19. The Morgan fingerprint density at radius 1 is 1.12 bits per heavy atom. The molecule has 1 aromatic carbocycles. The number of benzene rings is 1. The quantitative estimate of drug-likeness (QED) is 0.842. The molecule has 0 aliphatic heterocycles. The van der Waals surface area contributed by atoms with Gasteiger partial charge in [0.05, 0.1) is 16.3 Å². The first kappa shape index (κ1) is 12.4. The maximum absolute atomic E-state index is 12.2. The molecule has 1 aliphatic rings. The summed E-state index contributed by atoms with van der Waals surface area (Å²) in [5.41, 5.74) is 6.10. The summed E-state index contributed by atoms with van der Waals surface area (Å²) in [7, 11) is -3.22. The fourth-order valence-corrected chi connectivity index (χ4v) is 4.36. The molecule has 1 aromatic rings. The maximum Gasteiger partial charge on any atom is 0.180 e. The minimum absolute atomic E-state index is 0.251. The van der Waals surface area contributed by atoms with Crippen molar-refractivity contribution in [2.75, 3.05) is 11.5 Å². The second-order valence-corrected chi connectivity index (χ2v) is 6.83. The van der Waals surface area contributed by atoms with Crippen LogP contribution in [0.5, 0.6) is 0 Å². The maximum atomic E-state index is 12.2. The zero-order chi connectivity index (χ0) is 12.3. The number of rotatable bonds is 3. The summed E-state index contributed by atoms with van der Waals surface area (Å²) in [5.74, 6) is 0.564. The van der Waals surface area contributed by atoms with Crippen molar-refractivity contribution >= 4 is 15.5 Å². The molecule has 1 fully saturated rings. The first-order valence-electron chi connectivity index (χ1n) is 6.17. The Hall–Kier alpha value is -1.03. The molecule has 3 nitrogen and oxygen atoms in total. The van der Waals surface area contributed by atoms with Crippen LogP contribution in [0.4, 0.5) is 5.69 Å². The van der Waals surface area contributed by atoms with Crippen molar-refractivity contribution < 1.29 is 8.42 Å². The summed E-state index contributed by atoms with van der Waals surface area (Å²) >= 11 is 0. The fourth-order valence-electron chi connectivity index (χ4n) is 2.52. The molecular formula is C13H19NO2S. The van der Waals surface area contributed by atoms with Crippen LogP contribution in [0.3, 0.4) is 0 Å². The third kappa shape index (κ3) is 3.00. The number of hydrogen-bond acceptors (Lipinski definition) is 3. The Kier molecular flexibility index (Phi) is 3.72. The number of anilines is 1. The smallest absolute Gasteiger partial charge is 0.180 e. The average Bonchev–Trinajstić information content (AvgIpc) is 2.30. The number of sulfone groups is 1. The minimum Gasteiger partial charge on any atom is -0.398 e. The molecule has 0 bridgehead atoms. The predicted molar refractivity (Wildman–Crippen MR) is 69.5 cm³/mol. The van der Waals surface area contributed by atoms with Crippen molar-refractivity contribution in [3.05, 3.63) is 24.3 Å². The molecule has 0 unspecified atom stereocenters. The van der Waals surface area contributed by atoms with Crippen LogP contribution in [0.25, 0.3) is 0 Å². The highest BCUT2D eigenvalue weighted by molar-refractivity contribution is 7.91. The fraction of sp³-hybridized carbons (Fsp3) is 0.538. The Balaban J connectivity index is 2.16. The van der Waals surface area contributed by atoms with Crippen LogP contribution in [-0.4, -0.2) is 14.2 Å². The molecule has 4 heteroatoms. The van der Waals surface area contributed by atoms with Crippen LogP contribution in [0.15, 0.2) is 29.2 Å². The molecular weight excluding hydrogens is 234 g/mol. The number of hydrogen-bond donors (Lipinski definition) is 1. The molecule has 0 atom stereocenters. The van der Waals surface area contributed by atoms with Gasteiger partial charge in [-0.3, -0.25) is 0 Å². The summed E-state index contributed by atoms with van der Waals surface area (Å²) < 4.78 is 24.5. The van der Waals surface area contributed by atoms with E-state index < -0.39 is 9.84 Å². The Labute approximate surface area is 103 Å². The molecule has 17 heavy (non-hydrogen) atoms. The Bertz CT molecular complexity index is 476. The van der Waals surface area contributed by atoms with Crippen molar-refractivity contribution in [2.45, 2.75) is 37.0 Å². The van der Waals surface area contributed by atoms with Crippen LogP contribution in [-0.2, 0) is 9.84 Å². The first-order valence-corrected chi connectivity index (χ1v) is 7.82. The Morgan fingerprint density at radius 2 is 1.76 bits per heavy atom. The van der Waals surface area contributed by atoms with E-state index in [0.29, 0.717) is 16.5 Å². The van der Waals surface area contributed by atoms with E-state index in [9.17, 15) is 8.42 Å². The summed E-state index contributed by atoms with van der Waals surface area (Å²) in [6.07, 6.45) is 5.62. The zero-order valence-electron chi connectivity index (χ0n) is 9.93. The number of nitrogens with two attached hydrogens (primary N) is 1. The number of para-hydroxylation sites is 1. The minimum atomic E-state index is -3.22. The lowest BCUT2D eigenvalue weighted by atomic mass is 9.91. The molecule has 0 saturated heterocycles. The molecule has 0 aromatic heterocycles. The molecule has 0 heterocycles.